The average Bonchev–Trinajstić information content (AvgIpc) is 2.74. The van der Waals surface area contributed by atoms with Crippen LogP contribution in [0, 0.1) is 23.4 Å². The van der Waals surface area contributed by atoms with Gasteiger partial charge in [-0.1, -0.05) is 12.1 Å². The van der Waals surface area contributed by atoms with Gasteiger partial charge >= 0.3 is 0 Å². The number of hydrogen-bond acceptors (Lipinski definition) is 3. The van der Waals surface area contributed by atoms with E-state index in [0.717, 1.165) is 31.7 Å². The van der Waals surface area contributed by atoms with Crippen LogP contribution in [-0.2, 0) is 11.3 Å². The minimum Gasteiger partial charge on any atom is -0.490 e. The molecule has 0 unspecified atom stereocenters. The van der Waals surface area contributed by atoms with Crippen molar-refractivity contribution in [1.82, 2.24) is 0 Å². The number of halogens is 3. The molecule has 3 rings (SSSR count). The van der Waals surface area contributed by atoms with E-state index in [2.05, 4.69) is 0 Å². The van der Waals surface area contributed by atoms with Crippen LogP contribution in [0.5, 0.6) is 5.75 Å². The van der Waals surface area contributed by atoms with Crippen molar-refractivity contribution in [3.8, 4) is 5.75 Å². The van der Waals surface area contributed by atoms with Crippen LogP contribution in [0.15, 0.2) is 30.3 Å². The SMILES string of the molecule is CCOCc1ccc(C2CCC(COc3ccc(C=O)cc3F)CC2)c(F)c1F. The maximum Gasteiger partial charge on any atom is 0.165 e. The molecule has 1 fully saturated rings. The number of rotatable bonds is 8. The first-order valence-corrected chi connectivity index (χ1v) is 9.95. The van der Waals surface area contributed by atoms with Gasteiger partial charge in [0.1, 0.15) is 6.29 Å². The molecule has 2 aromatic rings. The van der Waals surface area contributed by atoms with Crippen LogP contribution in [0.2, 0.25) is 0 Å². The van der Waals surface area contributed by atoms with Gasteiger partial charge in [-0.2, -0.15) is 0 Å². The van der Waals surface area contributed by atoms with Gasteiger partial charge in [0.15, 0.2) is 23.2 Å². The lowest BCUT2D eigenvalue weighted by atomic mass is 9.78. The van der Waals surface area contributed by atoms with Gasteiger partial charge in [0.25, 0.3) is 0 Å². The zero-order valence-corrected chi connectivity index (χ0v) is 16.4. The lowest BCUT2D eigenvalue weighted by Crippen LogP contribution is -2.20. The Morgan fingerprint density at radius 2 is 1.79 bits per heavy atom. The molecule has 0 aromatic heterocycles. The third-order valence-corrected chi connectivity index (χ3v) is 5.51. The van der Waals surface area contributed by atoms with E-state index >= 15 is 0 Å². The van der Waals surface area contributed by atoms with Crippen molar-refractivity contribution in [1.29, 1.82) is 0 Å². The Balaban J connectivity index is 1.55. The average molecular weight is 406 g/mol. The Morgan fingerprint density at radius 3 is 2.45 bits per heavy atom. The lowest BCUT2D eigenvalue weighted by Gasteiger charge is -2.29. The predicted molar refractivity (Wildman–Crippen MR) is 104 cm³/mol. The molecule has 0 radical (unpaired) electrons. The molecule has 2 aromatic carbocycles. The fourth-order valence-electron chi connectivity index (χ4n) is 3.80. The Morgan fingerprint density at radius 1 is 1.03 bits per heavy atom. The van der Waals surface area contributed by atoms with E-state index in [4.69, 9.17) is 9.47 Å². The minimum absolute atomic E-state index is 0.0366. The standard InChI is InChI=1S/C23H25F3O3/c1-2-28-14-18-8-9-19(23(26)22(18)25)17-6-3-15(4-7-17)13-29-21-10-5-16(12-27)11-20(21)24/h5,8-12,15,17H,2-4,6-7,13-14H2,1H3. The second-order valence-electron chi connectivity index (χ2n) is 7.42. The third-order valence-electron chi connectivity index (χ3n) is 5.51. The molecule has 1 saturated carbocycles. The maximum atomic E-state index is 14.5. The molecule has 29 heavy (non-hydrogen) atoms. The fourth-order valence-corrected chi connectivity index (χ4v) is 3.80. The van der Waals surface area contributed by atoms with Crippen LogP contribution in [0.25, 0.3) is 0 Å². The summed E-state index contributed by atoms with van der Waals surface area (Å²) in [4.78, 5) is 10.7. The summed E-state index contributed by atoms with van der Waals surface area (Å²) in [6.45, 7) is 2.67. The molecular weight excluding hydrogens is 381 g/mol. The zero-order chi connectivity index (χ0) is 20.8. The summed E-state index contributed by atoms with van der Waals surface area (Å²) in [6.07, 6.45) is 3.61. The first-order valence-electron chi connectivity index (χ1n) is 9.95. The van der Waals surface area contributed by atoms with Gasteiger partial charge in [-0.15, -0.1) is 0 Å². The van der Waals surface area contributed by atoms with Crippen LogP contribution >= 0.6 is 0 Å². The molecule has 1 aliphatic rings. The number of aldehydes is 1. The molecule has 3 nitrogen and oxygen atoms in total. The van der Waals surface area contributed by atoms with Gasteiger partial charge in [-0.3, -0.25) is 4.79 Å². The van der Waals surface area contributed by atoms with Crippen molar-refractivity contribution < 1.29 is 27.4 Å². The van der Waals surface area contributed by atoms with Gasteiger partial charge in [0, 0.05) is 17.7 Å². The maximum absolute atomic E-state index is 14.5. The molecule has 0 heterocycles. The number of hydrogen-bond donors (Lipinski definition) is 0. The van der Waals surface area contributed by atoms with Crippen LogP contribution in [-0.4, -0.2) is 19.5 Å². The van der Waals surface area contributed by atoms with E-state index < -0.39 is 17.5 Å². The Labute approximate surface area is 168 Å². The molecular formula is C23H25F3O3. The van der Waals surface area contributed by atoms with Crippen molar-refractivity contribution in [3.05, 3.63) is 64.5 Å². The third kappa shape index (κ3) is 5.18. The first kappa shape index (κ1) is 21.4. The molecule has 0 spiro atoms. The van der Waals surface area contributed by atoms with Crippen LogP contribution in [0.4, 0.5) is 13.2 Å². The molecule has 1 aliphatic carbocycles. The highest BCUT2D eigenvalue weighted by Gasteiger charge is 2.27. The number of carbonyl (C=O) groups is 1. The van der Waals surface area contributed by atoms with Crippen molar-refractivity contribution in [2.75, 3.05) is 13.2 Å². The molecule has 6 heteroatoms. The summed E-state index contributed by atoms with van der Waals surface area (Å²) < 4.78 is 53.5. The highest BCUT2D eigenvalue weighted by Crippen LogP contribution is 2.38. The van der Waals surface area contributed by atoms with Gasteiger partial charge < -0.3 is 9.47 Å². The van der Waals surface area contributed by atoms with Crippen molar-refractivity contribution in [3.63, 3.8) is 0 Å². The topological polar surface area (TPSA) is 35.5 Å². The largest absolute Gasteiger partial charge is 0.490 e. The van der Waals surface area contributed by atoms with Gasteiger partial charge in [0.2, 0.25) is 0 Å². The molecule has 0 N–H and O–H groups in total. The second kappa shape index (κ2) is 9.92. The molecule has 156 valence electrons. The van der Waals surface area contributed by atoms with Crippen molar-refractivity contribution in [2.45, 2.75) is 45.1 Å². The van der Waals surface area contributed by atoms with E-state index in [1.807, 2.05) is 0 Å². The highest BCUT2D eigenvalue weighted by atomic mass is 19.2. The summed E-state index contributed by atoms with van der Waals surface area (Å²) in [7, 11) is 0. The van der Waals surface area contributed by atoms with E-state index in [-0.39, 0.29) is 35.3 Å². The first-order chi connectivity index (χ1) is 14.0. The van der Waals surface area contributed by atoms with E-state index in [1.165, 1.54) is 12.1 Å². The molecule has 0 amide bonds. The molecule has 0 atom stereocenters. The molecule has 0 aliphatic heterocycles. The van der Waals surface area contributed by atoms with Crippen LogP contribution in [0.3, 0.4) is 0 Å². The summed E-state index contributed by atoms with van der Waals surface area (Å²) in [5.41, 5.74) is 0.910. The molecule has 0 bridgehead atoms. The van der Waals surface area contributed by atoms with Crippen molar-refractivity contribution in [2.24, 2.45) is 5.92 Å². The lowest BCUT2D eigenvalue weighted by molar-refractivity contribution is 0.112. The Hall–Kier alpha value is -2.34. The quantitative estimate of drug-likeness (QED) is 0.519. The number of benzene rings is 2. The van der Waals surface area contributed by atoms with Crippen LogP contribution < -0.4 is 4.74 Å². The minimum atomic E-state index is -0.823. The van der Waals surface area contributed by atoms with E-state index in [9.17, 15) is 18.0 Å². The normalized spacial score (nSPS) is 19.2. The highest BCUT2D eigenvalue weighted by molar-refractivity contribution is 5.74. The summed E-state index contributed by atoms with van der Waals surface area (Å²) >= 11 is 0. The number of ether oxygens (including phenoxy) is 2. The van der Waals surface area contributed by atoms with Gasteiger partial charge in [0.05, 0.1) is 13.2 Å². The van der Waals surface area contributed by atoms with Gasteiger partial charge in [-0.05, 0) is 68.2 Å². The summed E-state index contributed by atoms with van der Waals surface area (Å²) in [5.74, 6) is -1.86. The fraction of sp³-hybridized carbons (Fsp3) is 0.435. The second-order valence-corrected chi connectivity index (χ2v) is 7.42. The summed E-state index contributed by atoms with van der Waals surface area (Å²) in [6, 6.07) is 7.37. The predicted octanol–water partition coefficient (Wildman–Crippen LogP) is 5.81. The van der Waals surface area contributed by atoms with E-state index in [1.54, 1.807) is 19.1 Å². The monoisotopic (exact) mass is 406 g/mol. The summed E-state index contributed by atoms with van der Waals surface area (Å²) in [5, 5.41) is 0. The van der Waals surface area contributed by atoms with Gasteiger partial charge in [-0.25, -0.2) is 13.2 Å². The zero-order valence-electron chi connectivity index (χ0n) is 16.4. The smallest absolute Gasteiger partial charge is 0.165 e. The van der Waals surface area contributed by atoms with Crippen molar-refractivity contribution >= 4 is 6.29 Å². The number of carbonyl (C=O) groups excluding carboxylic acids is 1. The van der Waals surface area contributed by atoms with E-state index in [0.29, 0.717) is 25.1 Å². The molecule has 0 saturated heterocycles. The Kier molecular flexibility index (Phi) is 7.31. The Bertz CT molecular complexity index is 846. The van der Waals surface area contributed by atoms with Crippen LogP contribution in [0.1, 0.15) is 60.0 Å².